The zero-order valence-corrected chi connectivity index (χ0v) is 24.8. The van der Waals surface area contributed by atoms with Gasteiger partial charge in [0, 0.05) is 18.1 Å². The number of hydrogen-bond donors (Lipinski definition) is 1. The summed E-state index contributed by atoms with van der Waals surface area (Å²) in [5.74, 6) is -0.0658. The molecule has 0 fully saturated rings. The van der Waals surface area contributed by atoms with Gasteiger partial charge in [-0.1, -0.05) is 62.7 Å². The average Bonchev–Trinajstić information content (AvgIpc) is 2.95. The van der Waals surface area contributed by atoms with E-state index in [1.54, 1.807) is 66.7 Å². The van der Waals surface area contributed by atoms with Gasteiger partial charge in [0.1, 0.15) is 18.3 Å². The monoisotopic (exact) mass is 585 g/mol. The van der Waals surface area contributed by atoms with E-state index in [2.05, 4.69) is 5.32 Å². The number of nitrogens with one attached hydrogen (secondary N) is 1. The van der Waals surface area contributed by atoms with E-state index >= 15 is 0 Å². The fourth-order valence-electron chi connectivity index (χ4n) is 4.13. The minimum absolute atomic E-state index is 0.0101. The Morgan fingerprint density at radius 3 is 2.12 bits per heavy atom. The van der Waals surface area contributed by atoms with Crippen LogP contribution in [-0.2, 0) is 26.2 Å². The van der Waals surface area contributed by atoms with Crippen molar-refractivity contribution in [2.24, 2.45) is 5.92 Å². The van der Waals surface area contributed by atoms with E-state index in [4.69, 9.17) is 16.3 Å². The van der Waals surface area contributed by atoms with Crippen LogP contribution in [-0.4, -0.2) is 51.4 Å². The van der Waals surface area contributed by atoms with Crippen LogP contribution in [0.3, 0.4) is 0 Å². The van der Waals surface area contributed by atoms with Crippen LogP contribution in [0.25, 0.3) is 0 Å². The van der Waals surface area contributed by atoms with Crippen molar-refractivity contribution in [1.29, 1.82) is 0 Å². The molecule has 0 aromatic heterocycles. The molecular weight excluding hydrogens is 550 g/mol. The molecule has 0 heterocycles. The van der Waals surface area contributed by atoms with Gasteiger partial charge in [0.05, 0.1) is 17.7 Å². The lowest BCUT2D eigenvalue weighted by atomic mass is 10.1. The van der Waals surface area contributed by atoms with Crippen molar-refractivity contribution >= 4 is 39.1 Å². The van der Waals surface area contributed by atoms with Gasteiger partial charge in [-0.3, -0.25) is 13.9 Å². The summed E-state index contributed by atoms with van der Waals surface area (Å²) in [6.07, 6.45) is 0.347. The number of hydrogen-bond acceptors (Lipinski definition) is 5. The number of carbonyl (C=O) groups is 2. The molecule has 1 atom stereocenters. The molecule has 0 aliphatic rings. The SMILES string of the molecule is CCC(C(=O)NCC(C)C)N(Cc1ccc(Cl)cc1)C(=O)CN(c1ccccc1)S(=O)(=O)c1ccc(OC)cc1. The quantitative estimate of drug-likeness (QED) is 0.300. The Hall–Kier alpha value is -3.56. The van der Waals surface area contributed by atoms with Crippen molar-refractivity contribution in [2.45, 2.75) is 44.7 Å². The Morgan fingerprint density at radius 2 is 1.57 bits per heavy atom. The molecule has 0 bridgehead atoms. The fraction of sp³-hybridized carbons (Fsp3) is 0.333. The van der Waals surface area contributed by atoms with Gasteiger partial charge in [-0.05, 0) is 66.4 Å². The lowest BCUT2D eigenvalue weighted by Gasteiger charge is -2.33. The summed E-state index contributed by atoms with van der Waals surface area (Å²) < 4.78 is 34.0. The third kappa shape index (κ3) is 7.99. The number of amides is 2. The zero-order chi connectivity index (χ0) is 29.3. The van der Waals surface area contributed by atoms with E-state index in [1.807, 2.05) is 20.8 Å². The molecule has 8 nitrogen and oxygen atoms in total. The number of ether oxygens (including phenoxy) is 1. The number of nitrogens with zero attached hydrogens (tertiary/aromatic N) is 2. The predicted molar refractivity (Wildman–Crippen MR) is 158 cm³/mol. The van der Waals surface area contributed by atoms with E-state index in [9.17, 15) is 18.0 Å². The summed E-state index contributed by atoms with van der Waals surface area (Å²) in [6, 6.07) is 20.6. The highest BCUT2D eigenvalue weighted by molar-refractivity contribution is 7.92. The van der Waals surface area contributed by atoms with Crippen molar-refractivity contribution in [1.82, 2.24) is 10.2 Å². The molecular formula is C30H36ClN3O5S. The number of benzene rings is 3. The zero-order valence-electron chi connectivity index (χ0n) is 23.2. The maximum atomic E-state index is 14.0. The second-order valence-electron chi connectivity index (χ2n) is 9.73. The van der Waals surface area contributed by atoms with Crippen LogP contribution in [0.4, 0.5) is 5.69 Å². The van der Waals surface area contributed by atoms with Crippen LogP contribution in [0.2, 0.25) is 5.02 Å². The number of sulfonamides is 1. The molecule has 214 valence electrons. The van der Waals surface area contributed by atoms with Crippen LogP contribution in [0, 0.1) is 5.92 Å². The molecule has 0 radical (unpaired) electrons. The third-order valence-corrected chi connectivity index (χ3v) is 8.35. The van der Waals surface area contributed by atoms with Gasteiger partial charge in [-0.2, -0.15) is 0 Å². The van der Waals surface area contributed by atoms with Crippen LogP contribution in [0.5, 0.6) is 5.75 Å². The predicted octanol–water partition coefficient (Wildman–Crippen LogP) is 5.12. The summed E-state index contributed by atoms with van der Waals surface area (Å²) >= 11 is 6.06. The number of methoxy groups -OCH3 is 1. The summed E-state index contributed by atoms with van der Waals surface area (Å²) in [7, 11) is -2.65. The molecule has 1 N–H and O–H groups in total. The van der Waals surface area contributed by atoms with Gasteiger partial charge in [-0.15, -0.1) is 0 Å². The van der Waals surface area contributed by atoms with Crippen LogP contribution in [0.1, 0.15) is 32.8 Å². The van der Waals surface area contributed by atoms with Gasteiger partial charge in [0.2, 0.25) is 11.8 Å². The third-order valence-electron chi connectivity index (χ3n) is 6.31. The second kappa shape index (κ2) is 14.2. The highest BCUT2D eigenvalue weighted by atomic mass is 35.5. The van der Waals surface area contributed by atoms with E-state index in [0.717, 1.165) is 9.87 Å². The molecule has 0 spiro atoms. The van der Waals surface area contributed by atoms with Crippen LogP contribution >= 0.6 is 11.6 Å². The maximum absolute atomic E-state index is 14.0. The minimum atomic E-state index is -4.15. The van der Waals surface area contributed by atoms with Gasteiger partial charge in [0.15, 0.2) is 0 Å². The van der Waals surface area contributed by atoms with E-state index in [0.29, 0.717) is 29.4 Å². The smallest absolute Gasteiger partial charge is 0.264 e. The molecule has 1 unspecified atom stereocenters. The molecule has 0 saturated carbocycles. The van der Waals surface area contributed by atoms with E-state index < -0.39 is 28.5 Å². The second-order valence-corrected chi connectivity index (χ2v) is 12.0. The van der Waals surface area contributed by atoms with Crippen LogP contribution < -0.4 is 14.4 Å². The van der Waals surface area contributed by atoms with Crippen LogP contribution in [0.15, 0.2) is 83.8 Å². The van der Waals surface area contributed by atoms with Gasteiger partial charge >= 0.3 is 0 Å². The Bertz CT molecular complexity index is 1360. The molecule has 40 heavy (non-hydrogen) atoms. The van der Waals surface area contributed by atoms with Crippen molar-refractivity contribution in [3.63, 3.8) is 0 Å². The first-order valence-electron chi connectivity index (χ1n) is 13.1. The Morgan fingerprint density at radius 1 is 0.950 bits per heavy atom. The normalized spacial score (nSPS) is 12.1. The van der Waals surface area contributed by atoms with Gasteiger partial charge in [-0.25, -0.2) is 8.42 Å². The average molecular weight is 586 g/mol. The molecule has 0 aliphatic carbocycles. The lowest BCUT2D eigenvalue weighted by Crippen LogP contribution is -2.52. The standard InChI is InChI=1S/C30H36ClN3O5S/c1-5-28(30(36)32-19-22(2)3)33(20-23-11-13-24(31)14-12-23)29(35)21-34(25-9-7-6-8-10-25)40(37,38)27-17-15-26(39-4)16-18-27/h6-18,22,28H,5,19-21H2,1-4H3,(H,32,36). The molecule has 3 aromatic carbocycles. The largest absolute Gasteiger partial charge is 0.497 e. The topological polar surface area (TPSA) is 96.0 Å². The first-order valence-corrected chi connectivity index (χ1v) is 14.9. The van der Waals surface area contributed by atoms with E-state index in [1.165, 1.54) is 24.1 Å². The number of anilines is 1. The van der Waals surface area contributed by atoms with Gasteiger partial charge in [0.25, 0.3) is 10.0 Å². The molecule has 2 amide bonds. The van der Waals surface area contributed by atoms with Crippen molar-refractivity contribution < 1.29 is 22.7 Å². The molecule has 10 heteroatoms. The Labute approximate surface area is 241 Å². The first kappa shape index (κ1) is 31.0. The van der Waals surface area contributed by atoms with Crippen molar-refractivity contribution in [2.75, 3.05) is 24.5 Å². The molecule has 3 aromatic rings. The van der Waals surface area contributed by atoms with E-state index in [-0.39, 0.29) is 23.3 Å². The summed E-state index contributed by atoms with van der Waals surface area (Å²) in [5.41, 5.74) is 1.09. The summed E-state index contributed by atoms with van der Waals surface area (Å²) in [6.45, 7) is 5.86. The molecule has 3 rings (SSSR count). The van der Waals surface area contributed by atoms with Crippen molar-refractivity contribution in [3.05, 3.63) is 89.4 Å². The highest BCUT2D eigenvalue weighted by Gasteiger charge is 2.33. The highest BCUT2D eigenvalue weighted by Crippen LogP contribution is 2.26. The van der Waals surface area contributed by atoms with Crippen molar-refractivity contribution in [3.8, 4) is 5.75 Å². The van der Waals surface area contributed by atoms with Gasteiger partial charge < -0.3 is 15.0 Å². The summed E-state index contributed by atoms with van der Waals surface area (Å²) in [5, 5.41) is 3.46. The Kier molecular flexibility index (Phi) is 11.0. The number of rotatable bonds is 13. The fourth-order valence-corrected chi connectivity index (χ4v) is 5.67. The molecule has 0 aliphatic heterocycles. The maximum Gasteiger partial charge on any atom is 0.264 e. The Balaban J connectivity index is 2.01. The first-order chi connectivity index (χ1) is 19.1. The minimum Gasteiger partial charge on any atom is -0.497 e. The number of para-hydroxylation sites is 1. The lowest BCUT2D eigenvalue weighted by molar-refractivity contribution is -0.140. The molecule has 0 saturated heterocycles. The number of carbonyl (C=O) groups excluding carboxylic acids is 2. The summed E-state index contributed by atoms with van der Waals surface area (Å²) in [4.78, 5) is 28.7. The number of halogens is 1.